The van der Waals surface area contributed by atoms with Crippen molar-refractivity contribution in [2.24, 2.45) is 5.92 Å². The molecule has 2 amide bonds. The van der Waals surface area contributed by atoms with Crippen molar-refractivity contribution >= 4 is 23.3 Å². The van der Waals surface area contributed by atoms with E-state index in [-0.39, 0.29) is 11.9 Å². The summed E-state index contributed by atoms with van der Waals surface area (Å²) < 4.78 is 16.1. The molecule has 0 aliphatic carbocycles. The molecule has 1 unspecified atom stereocenters. The first-order valence-corrected chi connectivity index (χ1v) is 11.8. The van der Waals surface area contributed by atoms with E-state index in [2.05, 4.69) is 10.7 Å². The van der Waals surface area contributed by atoms with Crippen LogP contribution in [0.25, 0.3) is 11.3 Å². The van der Waals surface area contributed by atoms with E-state index in [1.807, 2.05) is 32.0 Å². The van der Waals surface area contributed by atoms with E-state index < -0.39 is 12.0 Å². The molecule has 0 bridgehead atoms. The number of nitrogens with zero attached hydrogens (tertiary/aromatic N) is 2. The van der Waals surface area contributed by atoms with Crippen molar-refractivity contribution in [3.63, 3.8) is 0 Å². The number of ether oxygens (including phenoxy) is 3. The van der Waals surface area contributed by atoms with Crippen LogP contribution in [-0.2, 0) is 9.53 Å². The third kappa shape index (κ3) is 4.82. The average Bonchev–Trinajstić information content (AvgIpc) is 3.32. The number of hydrogen-bond acceptors (Lipinski definition) is 7. The van der Waals surface area contributed by atoms with Crippen molar-refractivity contribution in [2.75, 3.05) is 33.4 Å². The lowest BCUT2D eigenvalue weighted by molar-refractivity contribution is -0.144. The molecule has 2 aliphatic rings. The van der Waals surface area contributed by atoms with Crippen molar-refractivity contribution in [1.82, 2.24) is 15.2 Å². The highest BCUT2D eigenvalue weighted by Crippen LogP contribution is 2.37. The number of carbonyl (C=O) groups excluding carboxylic acids is 2. The molecule has 1 fully saturated rings. The van der Waals surface area contributed by atoms with Gasteiger partial charge in [0.15, 0.2) is 11.5 Å². The molecule has 3 heterocycles. The van der Waals surface area contributed by atoms with E-state index >= 15 is 0 Å². The average molecular weight is 460 g/mol. The topological polar surface area (TPSA) is 90.0 Å². The molecule has 2 aromatic rings. The van der Waals surface area contributed by atoms with Crippen LogP contribution in [0, 0.1) is 5.92 Å². The molecule has 4 rings (SSSR count). The minimum atomic E-state index is -0.641. The summed E-state index contributed by atoms with van der Waals surface area (Å²) >= 11 is 1.66. The van der Waals surface area contributed by atoms with Crippen molar-refractivity contribution < 1.29 is 23.8 Å². The summed E-state index contributed by atoms with van der Waals surface area (Å²) in [7, 11) is 1.34. The number of urea groups is 1. The van der Waals surface area contributed by atoms with Gasteiger partial charge in [-0.15, -0.1) is 11.3 Å². The molecule has 172 valence electrons. The Labute approximate surface area is 191 Å². The zero-order valence-corrected chi connectivity index (χ0v) is 19.4. The summed E-state index contributed by atoms with van der Waals surface area (Å²) in [5.74, 6) is 1.38. The van der Waals surface area contributed by atoms with Crippen LogP contribution in [0.1, 0.15) is 37.6 Å². The standard InChI is InChI=1S/C23H29N3O5S/c1-14(2)20(22(27)29-3)25-23(28)26-8-6-15(7-9-26)21-24-17(13-32-21)16-4-5-18-19(12-16)31-11-10-30-18/h4-5,12-15,20H,6-11H2,1-3H3,(H,25,28). The number of thiazole rings is 1. The molecule has 0 saturated carbocycles. The second-order valence-corrected chi connectivity index (χ2v) is 9.27. The molecule has 0 radical (unpaired) electrons. The molecule has 32 heavy (non-hydrogen) atoms. The Bertz CT molecular complexity index is 968. The molecule has 1 N–H and O–H groups in total. The monoisotopic (exact) mass is 459 g/mol. The Morgan fingerprint density at radius 2 is 1.91 bits per heavy atom. The Morgan fingerprint density at radius 3 is 2.59 bits per heavy atom. The highest BCUT2D eigenvalue weighted by atomic mass is 32.1. The van der Waals surface area contributed by atoms with Crippen molar-refractivity contribution in [3.8, 4) is 22.8 Å². The Balaban J connectivity index is 1.35. The summed E-state index contributed by atoms with van der Waals surface area (Å²) in [6.45, 7) is 6.15. The van der Waals surface area contributed by atoms with E-state index in [0.29, 0.717) is 32.2 Å². The van der Waals surface area contributed by atoms with Gasteiger partial charge < -0.3 is 24.4 Å². The SMILES string of the molecule is COC(=O)C(NC(=O)N1CCC(c2nc(-c3ccc4c(c3)OCCO4)cs2)CC1)C(C)C. The highest BCUT2D eigenvalue weighted by Gasteiger charge is 2.30. The number of carbonyl (C=O) groups is 2. The van der Waals surface area contributed by atoms with E-state index in [1.165, 1.54) is 7.11 Å². The summed E-state index contributed by atoms with van der Waals surface area (Å²) in [6, 6.07) is 5.05. The predicted molar refractivity (Wildman–Crippen MR) is 121 cm³/mol. The molecule has 1 aromatic heterocycles. The van der Waals surface area contributed by atoms with E-state index in [9.17, 15) is 9.59 Å². The fourth-order valence-electron chi connectivity index (χ4n) is 3.99. The summed E-state index contributed by atoms with van der Waals surface area (Å²) in [6.07, 6.45) is 1.68. The van der Waals surface area contributed by atoms with Gasteiger partial charge in [0.05, 0.1) is 17.8 Å². The molecular weight excluding hydrogens is 430 g/mol. The number of rotatable bonds is 5. The van der Waals surface area contributed by atoms with Gasteiger partial charge in [0, 0.05) is 30.0 Å². The molecule has 0 spiro atoms. The predicted octanol–water partition coefficient (Wildman–Crippen LogP) is 3.67. The number of fused-ring (bicyclic) bond motifs is 1. The lowest BCUT2D eigenvalue weighted by Gasteiger charge is -2.32. The number of methoxy groups -OCH3 is 1. The quantitative estimate of drug-likeness (QED) is 0.687. The first-order chi connectivity index (χ1) is 15.5. The fraction of sp³-hybridized carbons (Fsp3) is 0.522. The van der Waals surface area contributed by atoms with Crippen LogP contribution in [0.3, 0.4) is 0 Å². The van der Waals surface area contributed by atoms with Gasteiger partial charge in [-0.25, -0.2) is 14.6 Å². The number of benzene rings is 1. The third-order valence-corrected chi connectivity index (χ3v) is 6.90. The van der Waals surface area contributed by atoms with Crippen LogP contribution in [-0.4, -0.2) is 61.3 Å². The van der Waals surface area contributed by atoms with Crippen LogP contribution >= 0.6 is 11.3 Å². The van der Waals surface area contributed by atoms with Gasteiger partial charge in [0.1, 0.15) is 19.3 Å². The number of piperidine rings is 1. The normalized spacial score (nSPS) is 17.2. The van der Waals surface area contributed by atoms with Gasteiger partial charge >= 0.3 is 12.0 Å². The molecule has 1 atom stereocenters. The second-order valence-electron chi connectivity index (χ2n) is 8.39. The van der Waals surface area contributed by atoms with Gasteiger partial charge in [0.25, 0.3) is 0 Å². The maximum Gasteiger partial charge on any atom is 0.328 e. The van der Waals surface area contributed by atoms with Crippen LogP contribution < -0.4 is 14.8 Å². The fourth-order valence-corrected chi connectivity index (χ4v) is 4.99. The van der Waals surface area contributed by atoms with Gasteiger partial charge in [-0.3, -0.25) is 0 Å². The zero-order chi connectivity index (χ0) is 22.7. The third-order valence-electron chi connectivity index (χ3n) is 5.89. The van der Waals surface area contributed by atoms with Crippen molar-refractivity contribution in [2.45, 2.75) is 38.6 Å². The zero-order valence-electron chi connectivity index (χ0n) is 18.6. The van der Waals surface area contributed by atoms with Gasteiger partial charge in [0.2, 0.25) is 0 Å². The second kappa shape index (κ2) is 9.77. The molecule has 1 aromatic carbocycles. The number of nitrogens with one attached hydrogen (secondary N) is 1. The van der Waals surface area contributed by atoms with E-state index in [1.54, 1.807) is 16.2 Å². The number of hydrogen-bond donors (Lipinski definition) is 1. The first-order valence-electron chi connectivity index (χ1n) is 10.9. The molecular formula is C23H29N3O5S. The highest BCUT2D eigenvalue weighted by molar-refractivity contribution is 7.10. The number of likely N-dealkylation sites (tertiary alicyclic amines) is 1. The van der Waals surface area contributed by atoms with E-state index in [4.69, 9.17) is 19.2 Å². The molecule has 2 aliphatic heterocycles. The first kappa shape index (κ1) is 22.4. The number of esters is 1. The summed E-state index contributed by atoms with van der Waals surface area (Å²) in [5.41, 5.74) is 1.94. The summed E-state index contributed by atoms with van der Waals surface area (Å²) in [4.78, 5) is 31.2. The Morgan fingerprint density at radius 1 is 1.19 bits per heavy atom. The van der Waals surface area contributed by atoms with Crippen molar-refractivity contribution in [1.29, 1.82) is 0 Å². The molecule has 9 heteroatoms. The van der Waals surface area contributed by atoms with Crippen LogP contribution in [0.15, 0.2) is 23.6 Å². The summed E-state index contributed by atoms with van der Waals surface area (Å²) in [5, 5.41) is 5.98. The van der Waals surface area contributed by atoms with Crippen LogP contribution in [0.2, 0.25) is 0 Å². The molecule has 1 saturated heterocycles. The minimum absolute atomic E-state index is 0.0433. The Hall–Kier alpha value is -2.81. The largest absolute Gasteiger partial charge is 0.486 e. The van der Waals surface area contributed by atoms with Crippen molar-refractivity contribution in [3.05, 3.63) is 28.6 Å². The Kier molecular flexibility index (Phi) is 6.83. The number of amides is 2. The maximum atomic E-state index is 12.7. The lowest BCUT2D eigenvalue weighted by Crippen LogP contribution is -2.52. The van der Waals surface area contributed by atoms with Crippen LogP contribution in [0.5, 0.6) is 11.5 Å². The molecule has 8 nitrogen and oxygen atoms in total. The van der Waals surface area contributed by atoms with Crippen LogP contribution in [0.4, 0.5) is 4.79 Å². The maximum absolute atomic E-state index is 12.7. The van der Waals surface area contributed by atoms with Gasteiger partial charge in [-0.05, 0) is 37.0 Å². The minimum Gasteiger partial charge on any atom is -0.486 e. The smallest absolute Gasteiger partial charge is 0.328 e. The van der Waals surface area contributed by atoms with E-state index in [0.717, 1.165) is 40.6 Å². The van der Waals surface area contributed by atoms with Gasteiger partial charge in [-0.1, -0.05) is 13.8 Å². The lowest BCUT2D eigenvalue weighted by atomic mass is 9.97. The van der Waals surface area contributed by atoms with Gasteiger partial charge in [-0.2, -0.15) is 0 Å². The number of aromatic nitrogens is 1.